The van der Waals surface area contributed by atoms with E-state index in [1.165, 1.54) is 23.6 Å². The van der Waals surface area contributed by atoms with E-state index >= 15 is 0 Å². The highest BCUT2D eigenvalue weighted by Gasteiger charge is 2.04. The van der Waals surface area contributed by atoms with E-state index in [-0.39, 0.29) is 5.56 Å². The van der Waals surface area contributed by atoms with Crippen LogP contribution in [0.2, 0.25) is 5.02 Å². The number of nitrogens with one attached hydrogen (secondary N) is 1. The molecule has 0 radical (unpaired) electrons. The Hall–Kier alpha value is -1.98. The summed E-state index contributed by atoms with van der Waals surface area (Å²) >= 11 is 7.38. The summed E-state index contributed by atoms with van der Waals surface area (Å²) < 4.78 is 14.6. The Labute approximate surface area is 123 Å². The summed E-state index contributed by atoms with van der Waals surface area (Å²) in [6.45, 7) is 0. The van der Waals surface area contributed by atoms with Gasteiger partial charge in [-0.05, 0) is 24.3 Å². The fourth-order valence-electron chi connectivity index (χ4n) is 1.71. The summed E-state index contributed by atoms with van der Waals surface area (Å²) in [5.74, 6) is -0.410. The zero-order valence-electron chi connectivity index (χ0n) is 10.2. The number of nitrogens with zero attached hydrogens (tertiary/aromatic N) is 2. The van der Waals surface area contributed by atoms with Crippen molar-refractivity contribution in [2.75, 3.05) is 5.43 Å². The number of hydrogen-bond acceptors (Lipinski definition) is 4. The predicted molar refractivity (Wildman–Crippen MR) is 82.2 cm³/mol. The average Bonchev–Trinajstić information content (AvgIpc) is 2.84. The fraction of sp³-hybridized carbons (Fsp3) is 0. The second-order valence-corrected chi connectivity index (χ2v) is 5.43. The quantitative estimate of drug-likeness (QED) is 0.570. The molecule has 3 rings (SSSR count). The van der Waals surface area contributed by atoms with Crippen molar-refractivity contribution in [3.05, 3.63) is 58.9 Å². The Kier molecular flexibility index (Phi) is 3.62. The summed E-state index contributed by atoms with van der Waals surface area (Å²) in [6.07, 6.45) is 1.35. The van der Waals surface area contributed by atoms with E-state index in [9.17, 15) is 4.39 Å². The number of hydrogen-bond donors (Lipinski definition) is 1. The van der Waals surface area contributed by atoms with Crippen LogP contribution >= 0.6 is 22.9 Å². The molecule has 1 heterocycles. The molecule has 0 aliphatic heterocycles. The smallest absolute Gasteiger partial charge is 0.204 e. The normalized spacial score (nSPS) is 11.3. The van der Waals surface area contributed by atoms with Gasteiger partial charge in [-0.3, -0.25) is 5.43 Å². The third-order valence-corrected chi connectivity index (χ3v) is 3.92. The van der Waals surface area contributed by atoms with Gasteiger partial charge in [0.15, 0.2) is 0 Å². The molecular formula is C14H9ClFN3S. The van der Waals surface area contributed by atoms with E-state index in [4.69, 9.17) is 11.6 Å². The summed E-state index contributed by atoms with van der Waals surface area (Å²) in [6, 6.07) is 12.3. The number of thiazole rings is 1. The van der Waals surface area contributed by atoms with Gasteiger partial charge in [0, 0.05) is 5.56 Å². The Morgan fingerprint density at radius 2 is 2.05 bits per heavy atom. The van der Waals surface area contributed by atoms with Crippen LogP contribution in [0.25, 0.3) is 10.2 Å². The number of hydrazone groups is 1. The molecule has 1 aromatic heterocycles. The average molecular weight is 306 g/mol. The Balaban J connectivity index is 1.80. The molecule has 100 valence electrons. The van der Waals surface area contributed by atoms with E-state index < -0.39 is 5.82 Å². The van der Waals surface area contributed by atoms with Gasteiger partial charge in [0.2, 0.25) is 5.13 Å². The third-order valence-electron chi connectivity index (χ3n) is 2.65. The molecule has 2 aromatic carbocycles. The Bertz CT molecular complexity index is 732. The lowest BCUT2D eigenvalue weighted by Gasteiger charge is -1.98. The molecule has 1 N–H and O–H groups in total. The minimum Gasteiger partial charge on any atom is -0.253 e. The predicted octanol–water partition coefficient (Wildman–Crippen LogP) is 4.53. The first-order valence-corrected chi connectivity index (χ1v) is 7.02. The first-order chi connectivity index (χ1) is 9.74. The van der Waals surface area contributed by atoms with Gasteiger partial charge in [0.05, 0.1) is 21.5 Å². The molecule has 3 nitrogen and oxygen atoms in total. The van der Waals surface area contributed by atoms with Crippen molar-refractivity contribution in [3.8, 4) is 0 Å². The Morgan fingerprint density at radius 3 is 2.85 bits per heavy atom. The fourth-order valence-corrected chi connectivity index (χ4v) is 2.73. The van der Waals surface area contributed by atoms with Gasteiger partial charge in [-0.25, -0.2) is 9.37 Å². The molecule has 0 fully saturated rings. The van der Waals surface area contributed by atoms with Gasteiger partial charge < -0.3 is 0 Å². The van der Waals surface area contributed by atoms with Crippen LogP contribution in [0.3, 0.4) is 0 Å². The number of benzene rings is 2. The van der Waals surface area contributed by atoms with Gasteiger partial charge in [-0.1, -0.05) is 41.1 Å². The monoisotopic (exact) mass is 305 g/mol. The van der Waals surface area contributed by atoms with E-state index in [1.54, 1.807) is 12.1 Å². The molecule has 0 saturated carbocycles. The first kappa shape index (κ1) is 13.0. The molecule has 3 aromatic rings. The number of rotatable bonds is 3. The maximum Gasteiger partial charge on any atom is 0.204 e. The molecule has 0 aliphatic carbocycles. The largest absolute Gasteiger partial charge is 0.253 e. The first-order valence-electron chi connectivity index (χ1n) is 5.83. The van der Waals surface area contributed by atoms with Crippen molar-refractivity contribution in [3.63, 3.8) is 0 Å². The lowest BCUT2D eigenvalue weighted by molar-refractivity contribution is 0.626. The highest BCUT2D eigenvalue weighted by molar-refractivity contribution is 7.22. The standard InChI is InChI=1S/C14H9ClFN3S/c15-10-4-3-5-11(16)9(10)8-17-19-14-18-12-6-1-2-7-13(12)20-14/h1-8H,(H,18,19)/b17-8-. The van der Waals surface area contributed by atoms with E-state index in [0.717, 1.165) is 10.2 Å². The summed E-state index contributed by atoms with van der Waals surface area (Å²) in [4.78, 5) is 4.36. The van der Waals surface area contributed by atoms with Gasteiger partial charge in [-0.2, -0.15) is 5.10 Å². The van der Waals surface area contributed by atoms with Crippen LogP contribution in [-0.2, 0) is 0 Å². The van der Waals surface area contributed by atoms with Crippen molar-refractivity contribution in [1.29, 1.82) is 0 Å². The molecule has 0 unspecified atom stereocenters. The van der Waals surface area contributed by atoms with Crippen LogP contribution in [-0.4, -0.2) is 11.2 Å². The second-order valence-electron chi connectivity index (χ2n) is 3.99. The number of anilines is 1. The summed E-state index contributed by atoms with van der Waals surface area (Å²) in [5, 5.41) is 4.94. The molecule has 0 saturated heterocycles. The molecular weight excluding hydrogens is 297 g/mol. The molecule has 0 amide bonds. The topological polar surface area (TPSA) is 37.3 Å². The third kappa shape index (κ3) is 2.64. The maximum atomic E-state index is 13.5. The lowest BCUT2D eigenvalue weighted by atomic mass is 10.2. The maximum absolute atomic E-state index is 13.5. The van der Waals surface area contributed by atoms with Crippen LogP contribution in [0.15, 0.2) is 47.6 Å². The number of aromatic nitrogens is 1. The van der Waals surface area contributed by atoms with Crippen LogP contribution in [0.4, 0.5) is 9.52 Å². The molecule has 0 bridgehead atoms. The van der Waals surface area contributed by atoms with Gasteiger partial charge in [0.25, 0.3) is 0 Å². The van der Waals surface area contributed by atoms with Crippen LogP contribution in [0.1, 0.15) is 5.56 Å². The van der Waals surface area contributed by atoms with Gasteiger partial charge >= 0.3 is 0 Å². The number of para-hydroxylation sites is 1. The lowest BCUT2D eigenvalue weighted by Crippen LogP contribution is -1.93. The van der Waals surface area contributed by atoms with E-state index in [0.29, 0.717) is 10.2 Å². The highest BCUT2D eigenvalue weighted by atomic mass is 35.5. The van der Waals surface area contributed by atoms with Crippen molar-refractivity contribution >= 4 is 44.5 Å². The SMILES string of the molecule is Fc1cccc(Cl)c1/C=N\Nc1nc2ccccc2s1. The van der Waals surface area contributed by atoms with E-state index in [2.05, 4.69) is 15.5 Å². The van der Waals surface area contributed by atoms with E-state index in [1.807, 2.05) is 24.3 Å². The highest BCUT2D eigenvalue weighted by Crippen LogP contribution is 2.25. The summed E-state index contributed by atoms with van der Waals surface area (Å²) in [7, 11) is 0. The van der Waals surface area contributed by atoms with Crippen molar-refractivity contribution in [1.82, 2.24) is 4.98 Å². The minimum absolute atomic E-state index is 0.253. The van der Waals surface area contributed by atoms with Gasteiger partial charge in [-0.15, -0.1) is 0 Å². The van der Waals surface area contributed by atoms with Crippen molar-refractivity contribution < 1.29 is 4.39 Å². The second kappa shape index (κ2) is 5.56. The molecule has 20 heavy (non-hydrogen) atoms. The minimum atomic E-state index is -0.410. The zero-order valence-corrected chi connectivity index (χ0v) is 11.7. The Morgan fingerprint density at radius 1 is 1.20 bits per heavy atom. The molecule has 0 aliphatic rings. The van der Waals surface area contributed by atoms with Crippen LogP contribution in [0.5, 0.6) is 0 Å². The van der Waals surface area contributed by atoms with Gasteiger partial charge in [0.1, 0.15) is 5.82 Å². The van der Waals surface area contributed by atoms with Crippen molar-refractivity contribution in [2.45, 2.75) is 0 Å². The molecule has 6 heteroatoms. The van der Waals surface area contributed by atoms with Crippen LogP contribution in [0, 0.1) is 5.82 Å². The number of halogens is 2. The summed E-state index contributed by atoms with van der Waals surface area (Å²) in [5.41, 5.74) is 3.94. The molecule has 0 atom stereocenters. The van der Waals surface area contributed by atoms with Crippen molar-refractivity contribution in [2.24, 2.45) is 5.10 Å². The molecule has 0 spiro atoms. The number of fused-ring (bicyclic) bond motifs is 1. The zero-order chi connectivity index (χ0) is 13.9. The van der Waals surface area contributed by atoms with Crippen LogP contribution < -0.4 is 5.43 Å².